The fourth-order valence-corrected chi connectivity index (χ4v) is 3.94. The summed E-state index contributed by atoms with van der Waals surface area (Å²) in [4.78, 5) is 17.7. The van der Waals surface area contributed by atoms with Gasteiger partial charge in [0, 0.05) is 18.0 Å². The second-order valence-corrected chi connectivity index (χ2v) is 7.43. The number of benzene rings is 2. The molecule has 0 saturated heterocycles. The Morgan fingerprint density at radius 2 is 1.61 bits per heavy atom. The number of nitrogens with one attached hydrogen (secondary N) is 1. The van der Waals surface area contributed by atoms with Gasteiger partial charge in [0.1, 0.15) is 5.65 Å². The number of carbonyl (C=O) groups is 1. The van der Waals surface area contributed by atoms with Gasteiger partial charge < -0.3 is 9.72 Å². The van der Waals surface area contributed by atoms with Crippen molar-refractivity contribution >= 4 is 11.6 Å². The predicted molar refractivity (Wildman–Crippen MR) is 110 cm³/mol. The van der Waals surface area contributed by atoms with Crippen molar-refractivity contribution in [2.75, 3.05) is 0 Å². The van der Waals surface area contributed by atoms with Crippen molar-refractivity contribution < 1.29 is 4.79 Å². The topological polar surface area (TPSA) is 46.4 Å². The van der Waals surface area contributed by atoms with Gasteiger partial charge in [0.05, 0.1) is 16.8 Å². The van der Waals surface area contributed by atoms with E-state index in [1.165, 1.54) is 5.56 Å². The van der Waals surface area contributed by atoms with E-state index in [2.05, 4.69) is 22.4 Å². The van der Waals surface area contributed by atoms with Gasteiger partial charge in [-0.3, -0.25) is 4.79 Å². The van der Waals surface area contributed by atoms with Crippen LogP contribution in [0.1, 0.15) is 35.2 Å². The summed E-state index contributed by atoms with van der Waals surface area (Å²) in [6.07, 6.45) is 6.93. The third kappa shape index (κ3) is 2.87. The van der Waals surface area contributed by atoms with Crippen LogP contribution < -0.4 is 5.32 Å². The number of fused-ring (bicyclic) bond motifs is 1. The Balaban J connectivity index is 1.43. The molecule has 4 heteroatoms. The summed E-state index contributed by atoms with van der Waals surface area (Å²) in [5.41, 5.74) is 4.39. The molecule has 0 unspecified atom stereocenters. The SMILES string of the molecule is O=C(NC1(c2ccccc2)CCC1)c1ccc2nc(-c3ccccc3)cn2c1. The van der Waals surface area contributed by atoms with Crippen LogP contribution in [0.2, 0.25) is 0 Å². The Bertz CT molecular complexity index is 1130. The zero-order valence-corrected chi connectivity index (χ0v) is 15.5. The summed E-state index contributed by atoms with van der Waals surface area (Å²) in [6, 6.07) is 24.1. The first-order valence-corrected chi connectivity index (χ1v) is 9.66. The van der Waals surface area contributed by atoms with Crippen molar-refractivity contribution in [3.63, 3.8) is 0 Å². The van der Waals surface area contributed by atoms with Crippen LogP contribution in [0.25, 0.3) is 16.9 Å². The lowest BCUT2D eigenvalue weighted by molar-refractivity contribution is 0.0823. The molecule has 1 amide bonds. The third-order valence-electron chi connectivity index (χ3n) is 5.67. The molecule has 1 saturated carbocycles. The maximum Gasteiger partial charge on any atom is 0.253 e. The van der Waals surface area contributed by atoms with Gasteiger partial charge in [0.25, 0.3) is 5.91 Å². The summed E-state index contributed by atoms with van der Waals surface area (Å²) in [5.74, 6) is -0.0413. The average Bonchev–Trinajstić information content (AvgIpc) is 3.15. The van der Waals surface area contributed by atoms with Gasteiger partial charge in [-0.1, -0.05) is 60.7 Å². The Morgan fingerprint density at radius 3 is 2.29 bits per heavy atom. The van der Waals surface area contributed by atoms with Crippen molar-refractivity contribution in [3.8, 4) is 11.3 Å². The Kier molecular flexibility index (Phi) is 3.97. The zero-order valence-electron chi connectivity index (χ0n) is 15.5. The molecule has 1 aliphatic carbocycles. The number of nitrogens with zero attached hydrogens (tertiary/aromatic N) is 2. The number of aromatic nitrogens is 2. The van der Waals surface area contributed by atoms with E-state index in [0.29, 0.717) is 5.56 Å². The number of imidazole rings is 1. The van der Waals surface area contributed by atoms with Gasteiger partial charge in [-0.05, 0) is 37.0 Å². The minimum Gasteiger partial charge on any atom is -0.342 e. The zero-order chi connectivity index (χ0) is 19.0. The lowest BCUT2D eigenvalue weighted by Crippen LogP contribution is -2.50. The van der Waals surface area contributed by atoms with E-state index in [0.717, 1.165) is 36.2 Å². The van der Waals surface area contributed by atoms with Crippen LogP contribution in [-0.2, 0) is 5.54 Å². The van der Waals surface area contributed by atoms with Crippen LogP contribution in [0.5, 0.6) is 0 Å². The van der Waals surface area contributed by atoms with Crippen LogP contribution >= 0.6 is 0 Å². The normalized spacial score (nSPS) is 15.1. The summed E-state index contributed by atoms with van der Waals surface area (Å²) < 4.78 is 1.92. The first-order valence-electron chi connectivity index (χ1n) is 9.66. The van der Waals surface area contributed by atoms with Crippen LogP contribution in [-0.4, -0.2) is 15.3 Å². The van der Waals surface area contributed by atoms with E-state index < -0.39 is 0 Å². The maximum absolute atomic E-state index is 13.0. The molecule has 4 nitrogen and oxygen atoms in total. The average molecular weight is 367 g/mol. The molecule has 138 valence electrons. The number of hydrogen-bond acceptors (Lipinski definition) is 2. The Hall–Kier alpha value is -3.40. The largest absolute Gasteiger partial charge is 0.342 e. The molecule has 0 radical (unpaired) electrons. The van der Waals surface area contributed by atoms with E-state index >= 15 is 0 Å². The second-order valence-electron chi connectivity index (χ2n) is 7.43. The van der Waals surface area contributed by atoms with E-state index in [9.17, 15) is 4.79 Å². The molecule has 0 aliphatic heterocycles. The molecule has 2 aromatic heterocycles. The standard InChI is InChI=1S/C24H21N3O/c28-23(26-24(14-7-15-24)20-10-5-2-6-11-20)19-12-13-22-25-21(17-27(22)16-19)18-8-3-1-4-9-18/h1-6,8-13,16-17H,7,14-15H2,(H,26,28). The number of amides is 1. The van der Waals surface area contributed by atoms with E-state index in [1.807, 2.05) is 77.5 Å². The van der Waals surface area contributed by atoms with Gasteiger partial charge in [0.15, 0.2) is 0 Å². The smallest absolute Gasteiger partial charge is 0.253 e. The minimum absolute atomic E-state index is 0.0413. The molecule has 1 fully saturated rings. The van der Waals surface area contributed by atoms with E-state index in [4.69, 9.17) is 0 Å². The van der Waals surface area contributed by atoms with Crippen molar-refractivity contribution in [2.24, 2.45) is 0 Å². The monoisotopic (exact) mass is 367 g/mol. The van der Waals surface area contributed by atoms with Crippen molar-refractivity contribution in [3.05, 3.63) is 96.3 Å². The van der Waals surface area contributed by atoms with Crippen LogP contribution in [0.3, 0.4) is 0 Å². The quantitative estimate of drug-likeness (QED) is 0.563. The molecule has 0 bridgehead atoms. The fraction of sp³-hybridized carbons (Fsp3) is 0.167. The minimum atomic E-state index is -0.239. The van der Waals surface area contributed by atoms with Gasteiger partial charge in [-0.2, -0.15) is 0 Å². The third-order valence-corrected chi connectivity index (χ3v) is 5.67. The predicted octanol–water partition coefficient (Wildman–Crippen LogP) is 4.81. The lowest BCUT2D eigenvalue weighted by Gasteiger charge is -2.43. The number of carbonyl (C=O) groups excluding carboxylic acids is 1. The number of rotatable bonds is 4. The molecule has 2 heterocycles. The summed E-state index contributed by atoms with van der Waals surface area (Å²) >= 11 is 0. The molecule has 1 aliphatic rings. The molecular formula is C24H21N3O. The highest BCUT2D eigenvalue weighted by Gasteiger charge is 2.40. The highest BCUT2D eigenvalue weighted by Crippen LogP contribution is 2.41. The van der Waals surface area contributed by atoms with Gasteiger partial charge in [-0.15, -0.1) is 0 Å². The van der Waals surface area contributed by atoms with Crippen molar-refractivity contribution in [1.29, 1.82) is 0 Å². The highest BCUT2D eigenvalue weighted by atomic mass is 16.1. The molecule has 1 N–H and O–H groups in total. The highest BCUT2D eigenvalue weighted by molar-refractivity contribution is 5.95. The lowest BCUT2D eigenvalue weighted by atomic mass is 9.71. The van der Waals surface area contributed by atoms with Crippen LogP contribution in [0, 0.1) is 0 Å². The summed E-state index contributed by atoms with van der Waals surface area (Å²) in [6.45, 7) is 0. The molecule has 4 aromatic rings. The molecule has 5 rings (SSSR count). The number of hydrogen-bond donors (Lipinski definition) is 1. The van der Waals surface area contributed by atoms with Crippen LogP contribution in [0.15, 0.2) is 85.2 Å². The molecule has 0 atom stereocenters. The Morgan fingerprint density at radius 1 is 0.893 bits per heavy atom. The molecule has 28 heavy (non-hydrogen) atoms. The second kappa shape index (κ2) is 6.64. The molecular weight excluding hydrogens is 346 g/mol. The van der Waals surface area contributed by atoms with Gasteiger partial charge >= 0.3 is 0 Å². The van der Waals surface area contributed by atoms with Crippen molar-refractivity contribution in [2.45, 2.75) is 24.8 Å². The van der Waals surface area contributed by atoms with Crippen molar-refractivity contribution in [1.82, 2.24) is 14.7 Å². The molecule has 2 aromatic carbocycles. The Labute approximate surface area is 163 Å². The maximum atomic E-state index is 13.0. The summed E-state index contributed by atoms with van der Waals surface area (Å²) in [7, 11) is 0. The van der Waals surface area contributed by atoms with Crippen LogP contribution in [0.4, 0.5) is 0 Å². The van der Waals surface area contributed by atoms with E-state index in [1.54, 1.807) is 0 Å². The van der Waals surface area contributed by atoms with E-state index in [-0.39, 0.29) is 11.4 Å². The number of pyridine rings is 1. The summed E-state index contributed by atoms with van der Waals surface area (Å²) in [5, 5.41) is 3.29. The first kappa shape index (κ1) is 16.8. The molecule has 0 spiro atoms. The van der Waals surface area contributed by atoms with Gasteiger partial charge in [0.2, 0.25) is 0 Å². The fourth-order valence-electron chi connectivity index (χ4n) is 3.94. The van der Waals surface area contributed by atoms with Gasteiger partial charge in [-0.25, -0.2) is 4.98 Å². The first-order chi connectivity index (χ1) is 13.7.